The number of benzene rings is 1. The molecule has 0 bridgehead atoms. The maximum atomic E-state index is 13.4. The van der Waals surface area contributed by atoms with Crippen LogP contribution >= 0.6 is 11.6 Å². The average molecular weight is 259 g/mol. The van der Waals surface area contributed by atoms with Crippen molar-refractivity contribution < 1.29 is 18.7 Å². The van der Waals surface area contributed by atoms with E-state index < -0.39 is 11.8 Å². The van der Waals surface area contributed by atoms with Gasteiger partial charge in [0.15, 0.2) is 11.6 Å². The fourth-order valence-electron chi connectivity index (χ4n) is 1.12. The van der Waals surface area contributed by atoms with Crippen LogP contribution in [0.15, 0.2) is 30.0 Å². The van der Waals surface area contributed by atoms with Gasteiger partial charge >= 0.3 is 5.97 Å². The summed E-state index contributed by atoms with van der Waals surface area (Å²) in [6.45, 7) is 3.49. The lowest BCUT2D eigenvalue weighted by Gasteiger charge is -2.07. The Balaban J connectivity index is 2.77. The minimum Gasteiger partial charge on any atom is -0.463 e. The number of ether oxygens (including phenoxy) is 2. The van der Waals surface area contributed by atoms with Crippen molar-refractivity contribution >= 4 is 17.6 Å². The zero-order chi connectivity index (χ0) is 12.8. The van der Waals surface area contributed by atoms with Crippen LogP contribution in [-0.2, 0) is 9.53 Å². The van der Waals surface area contributed by atoms with E-state index in [1.165, 1.54) is 19.1 Å². The van der Waals surface area contributed by atoms with Gasteiger partial charge in [0, 0.05) is 0 Å². The van der Waals surface area contributed by atoms with Gasteiger partial charge in [-0.1, -0.05) is 17.7 Å². The van der Waals surface area contributed by atoms with Crippen molar-refractivity contribution in [3.63, 3.8) is 0 Å². The van der Waals surface area contributed by atoms with Gasteiger partial charge < -0.3 is 9.47 Å². The molecule has 1 aromatic rings. The fourth-order valence-corrected chi connectivity index (χ4v) is 1.28. The van der Waals surface area contributed by atoms with Crippen LogP contribution in [0, 0.1) is 5.82 Å². The van der Waals surface area contributed by atoms with E-state index in [4.69, 9.17) is 16.3 Å². The van der Waals surface area contributed by atoms with Gasteiger partial charge in [0.2, 0.25) is 0 Å². The molecule has 0 saturated carbocycles. The Morgan fingerprint density at radius 1 is 1.53 bits per heavy atom. The summed E-state index contributed by atoms with van der Waals surface area (Å²) >= 11 is 5.59. The highest BCUT2D eigenvalue weighted by atomic mass is 35.5. The van der Waals surface area contributed by atoms with Crippen LogP contribution in [0.1, 0.15) is 13.8 Å². The minimum atomic E-state index is -0.661. The molecule has 0 aliphatic carbocycles. The lowest BCUT2D eigenvalue weighted by atomic mass is 10.3. The van der Waals surface area contributed by atoms with Gasteiger partial charge in [-0.3, -0.25) is 0 Å². The molecule has 1 aromatic carbocycles. The molecule has 1 rings (SSSR count). The second kappa shape index (κ2) is 6.25. The Kier molecular flexibility index (Phi) is 4.97. The van der Waals surface area contributed by atoms with Crippen LogP contribution in [0.3, 0.4) is 0 Å². The fraction of sp³-hybridized carbons (Fsp3) is 0.250. The Morgan fingerprint density at radius 3 is 2.88 bits per heavy atom. The van der Waals surface area contributed by atoms with Gasteiger partial charge in [-0.05, 0) is 26.0 Å². The molecule has 92 valence electrons. The molecular formula is C12H12ClFO3. The molecule has 0 N–H and O–H groups in total. The van der Waals surface area contributed by atoms with Crippen molar-refractivity contribution in [3.05, 3.63) is 40.9 Å². The number of esters is 1. The minimum absolute atomic E-state index is 0.0319. The van der Waals surface area contributed by atoms with Crippen LogP contribution in [0.4, 0.5) is 4.39 Å². The van der Waals surface area contributed by atoms with Crippen molar-refractivity contribution in [1.29, 1.82) is 0 Å². The molecule has 0 radical (unpaired) electrons. The third kappa shape index (κ3) is 4.07. The smallest absolute Gasteiger partial charge is 0.334 e. The van der Waals surface area contributed by atoms with Crippen molar-refractivity contribution in [1.82, 2.24) is 0 Å². The van der Waals surface area contributed by atoms with E-state index in [1.54, 1.807) is 13.0 Å². The van der Waals surface area contributed by atoms with Crippen LogP contribution in [0.25, 0.3) is 0 Å². The topological polar surface area (TPSA) is 35.5 Å². The second-order valence-electron chi connectivity index (χ2n) is 3.16. The number of carbonyl (C=O) groups excluding carboxylic acids is 1. The van der Waals surface area contributed by atoms with Crippen LogP contribution < -0.4 is 4.74 Å². The predicted molar refractivity (Wildman–Crippen MR) is 62.4 cm³/mol. The summed E-state index contributed by atoms with van der Waals surface area (Å²) in [5.41, 5.74) is 0. The summed E-state index contributed by atoms with van der Waals surface area (Å²) in [7, 11) is 0. The van der Waals surface area contributed by atoms with Crippen molar-refractivity contribution in [3.8, 4) is 5.75 Å². The normalized spacial score (nSPS) is 11.2. The molecule has 0 aliphatic heterocycles. The van der Waals surface area contributed by atoms with Gasteiger partial charge in [0.25, 0.3) is 0 Å². The number of hydrogen-bond acceptors (Lipinski definition) is 3. The zero-order valence-electron chi connectivity index (χ0n) is 9.50. The summed E-state index contributed by atoms with van der Waals surface area (Å²) in [6, 6.07) is 4.39. The largest absolute Gasteiger partial charge is 0.463 e. The first-order chi connectivity index (χ1) is 8.04. The van der Waals surface area contributed by atoms with Crippen LogP contribution in [-0.4, -0.2) is 12.6 Å². The number of carbonyl (C=O) groups is 1. The first-order valence-electron chi connectivity index (χ1n) is 5.01. The number of halogens is 2. The molecule has 0 fully saturated rings. The Morgan fingerprint density at radius 2 is 2.24 bits per heavy atom. The van der Waals surface area contributed by atoms with E-state index in [0.29, 0.717) is 0 Å². The van der Waals surface area contributed by atoms with Gasteiger partial charge in [0.05, 0.1) is 17.7 Å². The first kappa shape index (κ1) is 13.5. The zero-order valence-corrected chi connectivity index (χ0v) is 10.3. The SMILES string of the molecule is CCOC(=O)C=C(C)Oc1cccc(Cl)c1F. The highest BCUT2D eigenvalue weighted by Crippen LogP contribution is 2.25. The molecule has 0 amide bonds. The lowest BCUT2D eigenvalue weighted by molar-refractivity contribution is -0.137. The third-order valence-electron chi connectivity index (χ3n) is 1.79. The van der Waals surface area contributed by atoms with Gasteiger partial charge in [-0.15, -0.1) is 0 Å². The molecule has 0 spiro atoms. The first-order valence-corrected chi connectivity index (χ1v) is 5.39. The number of allylic oxidation sites excluding steroid dienone is 1. The highest BCUT2D eigenvalue weighted by Gasteiger charge is 2.08. The third-order valence-corrected chi connectivity index (χ3v) is 2.09. The summed E-state index contributed by atoms with van der Waals surface area (Å²) in [5, 5.41) is -0.0357. The van der Waals surface area contributed by atoms with Crippen LogP contribution in [0.5, 0.6) is 5.75 Å². The molecule has 0 saturated heterocycles. The van der Waals surface area contributed by atoms with Crippen LogP contribution in [0.2, 0.25) is 5.02 Å². The summed E-state index contributed by atoms with van der Waals surface area (Å²) in [5.74, 6) is -1.00. The Hall–Kier alpha value is -1.55. The van der Waals surface area contributed by atoms with E-state index in [2.05, 4.69) is 4.74 Å². The van der Waals surface area contributed by atoms with E-state index in [1.807, 2.05) is 0 Å². The van der Waals surface area contributed by atoms with Crippen molar-refractivity contribution in [2.24, 2.45) is 0 Å². The van der Waals surface area contributed by atoms with Gasteiger partial charge in [-0.25, -0.2) is 9.18 Å². The van der Waals surface area contributed by atoms with E-state index in [0.717, 1.165) is 6.08 Å². The summed E-state index contributed by atoms with van der Waals surface area (Å²) in [4.78, 5) is 11.1. The van der Waals surface area contributed by atoms with Gasteiger partial charge in [-0.2, -0.15) is 0 Å². The number of hydrogen-bond donors (Lipinski definition) is 0. The lowest BCUT2D eigenvalue weighted by Crippen LogP contribution is -2.03. The summed E-state index contributed by atoms with van der Waals surface area (Å²) < 4.78 is 23.3. The van der Waals surface area contributed by atoms with E-state index in [9.17, 15) is 9.18 Å². The van der Waals surface area contributed by atoms with Gasteiger partial charge in [0.1, 0.15) is 5.76 Å². The molecule has 0 unspecified atom stereocenters. The highest BCUT2D eigenvalue weighted by molar-refractivity contribution is 6.30. The molecule has 0 aromatic heterocycles. The average Bonchev–Trinajstić information content (AvgIpc) is 2.25. The predicted octanol–water partition coefficient (Wildman–Crippen LogP) is 3.32. The van der Waals surface area contributed by atoms with Crippen molar-refractivity contribution in [2.75, 3.05) is 6.61 Å². The Labute approximate surface area is 104 Å². The molecule has 0 atom stereocenters. The Bertz CT molecular complexity index is 443. The molecular weight excluding hydrogens is 247 g/mol. The molecule has 3 nitrogen and oxygen atoms in total. The maximum Gasteiger partial charge on any atom is 0.334 e. The summed E-state index contributed by atoms with van der Waals surface area (Å²) in [6.07, 6.45) is 1.14. The quantitative estimate of drug-likeness (QED) is 0.472. The van der Waals surface area contributed by atoms with E-state index >= 15 is 0 Å². The molecule has 17 heavy (non-hydrogen) atoms. The molecule has 0 heterocycles. The molecule has 0 aliphatic rings. The number of rotatable bonds is 4. The molecule has 5 heteroatoms. The standard InChI is InChI=1S/C12H12ClFO3/c1-3-16-11(15)7-8(2)17-10-6-4-5-9(13)12(10)14/h4-7H,3H2,1-2H3. The second-order valence-corrected chi connectivity index (χ2v) is 3.57. The van der Waals surface area contributed by atoms with E-state index in [-0.39, 0.29) is 23.1 Å². The van der Waals surface area contributed by atoms with Crippen molar-refractivity contribution in [2.45, 2.75) is 13.8 Å². The monoisotopic (exact) mass is 258 g/mol. The maximum absolute atomic E-state index is 13.4.